The molecule has 0 aliphatic rings. The van der Waals surface area contributed by atoms with Gasteiger partial charge in [0, 0.05) is 32.4 Å². The van der Waals surface area contributed by atoms with Crippen LogP contribution in [0.25, 0.3) is 0 Å². The fourth-order valence-electron chi connectivity index (χ4n) is 2.03. The molecule has 1 unspecified atom stereocenters. The van der Waals surface area contributed by atoms with Crippen LogP contribution in [0.5, 0.6) is 0 Å². The van der Waals surface area contributed by atoms with Gasteiger partial charge in [-0.3, -0.25) is 0 Å². The SMILES string of the molecule is CCNCC(C)(CCc1nccn1C)C(C)C. The van der Waals surface area contributed by atoms with Crippen LogP contribution >= 0.6 is 0 Å². The molecule has 98 valence electrons. The lowest BCUT2D eigenvalue weighted by Gasteiger charge is -2.34. The molecule has 1 rings (SSSR count). The van der Waals surface area contributed by atoms with Crippen LogP contribution in [-0.4, -0.2) is 22.6 Å². The predicted octanol–water partition coefficient (Wildman–Crippen LogP) is 2.62. The first-order valence-corrected chi connectivity index (χ1v) is 6.66. The van der Waals surface area contributed by atoms with Crippen molar-refractivity contribution in [1.82, 2.24) is 14.9 Å². The monoisotopic (exact) mass is 237 g/mol. The molecule has 0 aromatic carbocycles. The number of hydrogen-bond acceptors (Lipinski definition) is 2. The van der Waals surface area contributed by atoms with Crippen LogP contribution in [0, 0.1) is 11.3 Å². The Balaban J connectivity index is 2.58. The van der Waals surface area contributed by atoms with Crippen molar-refractivity contribution >= 4 is 0 Å². The third kappa shape index (κ3) is 3.84. The molecule has 3 nitrogen and oxygen atoms in total. The summed E-state index contributed by atoms with van der Waals surface area (Å²) in [6.07, 6.45) is 6.14. The average Bonchev–Trinajstić information content (AvgIpc) is 2.69. The van der Waals surface area contributed by atoms with Gasteiger partial charge in [0.1, 0.15) is 5.82 Å². The van der Waals surface area contributed by atoms with Crippen molar-refractivity contribution in [3.63, 3.8) is 0 Å². The molecule has 1 aromatic heterocycles. The maximum absolute atomic E-state index is 4.40. The van der Waals surface area contributed by atoms with E-state index in [2.05, 4.69) is 49.6 Å². The summed E-state index contributed by atoms with van der Waals surface area (Å²) < 4.78 is 2.12. The lowest BCUT2D eigenvalue weighted by atomic mass is 9.75. The topological polar surface area (TPSA) is 29.9 Å². The van der Waals surface area contributed by atoms with E-state index in [1.807, 2.05) is 12.4 Å². The van der Waals surface area contributed by atoms with Gasteiger partial charge >= 0.3 is 0 Å². The lowest BCUT2D eigenvalue weighted by molar-refractivity contribution is 0.191. The van der Waals surface area contributed by atoms with E-state index in [4.69, 9.17) is 0 Å². The Morgan fingerprint density at radius 1 is 1.47 bits per heavy atom. The van der Waals surface area contributed by atoms with Gasteiger partial charge in [-0.15, -0.1) is 0 Å². The van der Waals surface area contributed by atoms with Crippen LogP contribution in [0.4, 0.5) is 0 Å². The molecule has 0 spiro atoms. The van der Waals surface area contributed by atoms with Crippen molar-refractivity contribution in [2.45, 2.75) is 40.5 Å². The van der Waals surface area contributed by atoms with Gasteiger partial charge in [0.2, 0.25) is 0 Å². The molecule has 0 fully saturated rings. The highest BCUT2D eigenvalue weighted by Gasteiger charge is 2.27. The molecule has 0 radical (unpaired) electrons. The summed E-state index contributed by atoms with van der Waals surface area (Å²) in [6, 6.07) is 0. The molecule has 0 aliphatic carbocycles. The van der Waals surface area contributed by atoms with Crippen LogP contribution in [0.2, 0.25) is 0 Å². The van der Waals surface area contributed by atoms with Gasteiger partial charge in [-0.2, -0.15) is 0 Å². The summed E-state index contributed by atoms with van der Waals surface area (Å²) in [5.41, 5.74) is 0.349. The summed E-state index contributed by atoms with van der Waals surface area (Å²) in [7, 11) is 2.07. The van der Waals surface area contributed by atoms with E-state index in [-0.39, 0.29) is 0 Å². The quantitative estimate of drug-likeness (QED) is 0.790. The molecule has 0 aliphatic heterocycles. The highest BCUT2D eigenvalue weighted by Crippen LogP contribution is 2.31. The number of nitrogens with zero attached hydrogens (tertiary/aromatic N) is 2. The van der Waals surface area contributed by atoms with Gasteiger partial charge in [-0.05, 0) is 24.3 Å². The number of hydrogen-bond donors (Lipinski definition) is 1. The standard InChI is InChI=1S/C14H27N3/c1-6-15-11-14(4,12(2)3)8-7-13-16-9-10-17(13)5/h9-10,12,15H,6-8,11H2,1-5H3. The molecule has 0 amide bonds. The van der Waals surface area contributed by atoms with Gasteiger partial charge in [0.15, 0.2) is 0 Å². The van der Waals surface area contributed by atoms with Crippen molar-refractivity contribution in [1.29, 1.82) is 0 Å². The summed E-state index contributed by atoms with van der Waals surface area (Å²) in [5, 5.41) is 3.49. The van der Waals surface area contributed by atoms with Crippen LogP contribution < -0.4 is 5.32 Å². The van der Waals surface area contributed by atoms with Gasteiger partial charge in [-0.1, -0.05) is 27.7 Å². The van der Waals surface area contributed by atoms with Crippen LogP contribution in [0.15, 0.2) is 12.4 Å². The van der Waals surface area contributed by atoms with Crippen molar-refractivity contribution in [3.05, 3.63) is 18.2 Å². The highest BCUT2D eigenvalue weighted by molar-refractivity contribution is 4.93. The fraction of sp³-hybridized carbons (Fsp3) is 0.786. The van der Waals surface area contributed by atoms with Crippen LogP contribution in [0.1, 0.15) is 39.9 Å². The molecule has 17 heavy (non-hydrogen) atoms. The zero-order valence-corrected chi connectivity index (χ0v) is 12.0. The van der Waals surface area contributed by atoms with E-state index in [0.29, 0.717) is 11.3 Å². The lowest BCUT2D eigenvalue weighted by Crippen LogP contribution is -2.36. The van der Waals surface area contributed by atoms with E-state index in [0.717, 1.165) is 19.5 Å². The Morgan fingerprint density at radius 3 is 2.65 bits per heavy atom. The molecule has 1 atom stereocenters. The van der Waals surface area contributed by atoms with Crippen molar-refractivity contribution in [2.24, 2.45) is 18.4 Å². The normalized spacial score (nSPS) is 15.2. The summed E-state index contributed by atoms with van der Waals surface area (Å²) in [6.45, 7) is 11.3. The molecular formula is C14H27N3. The minimum absolute atomic E-state index is 0.349. The van der Waals surface area contributed by atoms with Gasteiger partial charge in [0.05, 0.1) is 0 Å². The largest absolute Gasteiger partial charge is 0.338 e. The van der Waals surface area contributed by atoms with Crippen molar-refractivity contribution in [3.8, 4) is 0 Å². The second-order valence-electron chi connectivity index (χ2n) is 5.54. The Kier molecular flexibility index (Phi) is 5.19. The second kappa shape index (κ2) is 6.20. The third-order valence-electron chi connectivity index (χ3n) is 4.01. The molecular weight excluding hydrogens is 210 g/mol. The predicted molar refractivity (Wildman–Crippen MR) is 73.0 cm³/mol. The summed E-state index contributed by atoms with van der Waals surface area (Å²) in [4.78, 5) is 4.40. The zero-order chi connectivity index (χ0) is 12.9. The van der Waals surface area contributed by atoms with Gasteiger partial charge in [-0.25, -0.2) is 4.98 Å². The van der Waals surface area contributed by atoms with E-state index in [1.54, 1.807) is 0 Å². The Bertz CT molecular complexity index is 330. The van der Waals surface area contributed by atoms with Gasteiger partial charge < -0.3 is 9.88 Å². The van der Waals surface area contributed by atoms with Crippen molar-refractivity contribution in [2.75, 3.05) is 13.1 Å². The molecule has 3 heteroatoms. The Labute approximate surface area is 106 Å². The minimum atomic E-state index is 0.349. The zero-order valence-electron chi connectivity index (χ0n) is 12.0. The minimum Gasteiger partial charge on any atom is -0.338 e. The first kappa shape index (κ1) is 14.2. The number of rotatable bonds is 7. The maximum atomic E-state index is 4.40. The first-order chi connectivity index (χ1) is 7.99. The fourth-order valence-corrected chi connectivity index (χ4v) is 2.03. The Morgan fingerprint density at radius 2 is 2.18 bits per heavy atom. The van der Waals surface area contributed by atoms with E-state index < -0.39 is 0 Å². The van der Waals surface area contributed by atoms with E-state index in [9.17, 15) is 0 Å². The molecule has 0 saturated carbocycles. The van der Waals surface area contributed by atoms with Crippen molar-refractivity contribution < 1.29 is 0 Å². The summed E-state index contributed by atoms with van der Waals surface area (Å²) >= 11 is 0. The smallest absolute Gasteiger partial charge is 0.108 e. The number of aryl methyl sites for hydroxylation is 2. The number of imidazole rings is 1. The van der Waals surface area contributed by atoms with Gasteiger partial charge in [0.25, 0.3) is 0 Å². The number of aromatic nitrogens is 2. The molecule has 1 aromatic rings. The first-order valence-electron chi connectivity index (χ1n) is 6.66. The molecule has 0 bridgehead atoms. The average molecular weight is 237 g/mol. The third-order valence-corrected chi connectivity index (χ3v) is 4.01. The van der Waals surface area contributed by atoms with E-state index >= 15 is 0 Å². The van der Waals surface area contributed by atoms with E-state index in [1.165, 1.54) is 12.2 Å². The highest BCUT2D eigenvalue weighted by atomic mass is 15.0. The molecule has 0 saturated heterocycles. The van der Waals surface area contributed by atoms with Crippen LogP contribution in [-0.2, 0) is 13.5 Å². The number of nitrogens with one attached hydrogen (secondary N) is 1. The Hall–Kier alpha value is -0.830. The van der Waals surface area contributed by atoms with Crippen LogP contribution in [0.3, 0.4) is 0 Å². The molecule has 1 heterocycles. The second-order valence-corrected chi connectivity index (χ2v) is 5.54. The maximum Gasteiger partial charge on any atom is 0.108 e. The summed E-state index contributed by atoms with van der Waals surface area (Å²) in [5.74, 6) is 1.87. The molecule has 1 N–H and O–H groups in total.